The summed E-state index contributed by atoms with van der Waals surface area (Å²) in [5.41, 5.74) is 10.9. The van der Waals surface area contributed by atoms with Crippen LogP contribution >= 0.6 is 11.3 Å². The highest BCUT2D eigenvalue weighted by Crippen LogP contribution is 2.37. The summed E-state index contributed by atoms with van der Waals surface area (Å²) in [6.07, 6.45) is 2.40. The van der Waals surface area contributed by atoms with E-state index in [1.807, 2.05) is 48.7 Å². The molecule has 11 nitrogen and oxygen atoms in total. The van der Waals surface area contributed by atoms with E-state index in [9.17, 15) is 23.1 Å². The van der Waals surface area contributed by atoms with Gasteiger partial charge in [0.15, 0.2) is 15.2 Å². The van der Waals surface area contributed by atoms with Crippen molar-refractivity contribution in [1.82, 2.24) is 9.55 Å². The first-order valence-corrected chi connectivity index (χ1v) is 17.0. The molecule has 0 aliphatic heterocycles. The number of thiazole rings is 1. The number of benzene rings is 4. The van der Waals surface area contributed by atoms with E-state index in [4.69, 9.17) is 10.5 Å². The monoisotopic (exact) mass is 681 g/mol. The number of carboxylic acids is 1. The van der Waals surface area contributed by atoms with E-state index in [2.05, 4.69) is 43.9 Å². The molecule has 5 N–H and O–H groups in total. The summed E-state index contributed by atoms with van der Waals surface area (Å²) in [6.45, 7) is 1.29. The van der Waals surface area contributed by atoms with Crippen molar-refractivity contribution < 1.29 is 27.9 Å². The quantitative estimate of drug-likeness (QED) is 0.122. The van der Waals surface area contributed by atoms with Crippen molar-refractivity contribution >= 4 is 60.8 Å². The summed E-state index contributed by atoms with van der Waals surface area (Å²) in [5, 5.41) is 12.8. The number of ether oxygens (including phenoxy) is 1. The minimum atomic E-state index is -4.17. The van der Waals surface area contributed by atoms with Crippen LogP contribution in [0.1, 0.15) is 45.6 Å². The lowest BCUT2D eigenvalue weighted by molar-refractivity contribution is -0.114. The highest BCUT2D eigenvalue weighted by molar-refractivity contribution is 7.95. The Morgan fingerprint density at radius 1 is 0.958 bits per heavy atom. The standard InChI is InChI=1S/C35H31N5O6S2/c1-21(41)37-35-38-32(36)34(47-35)48(44,45)39-27-15-16-29-28(19-27)26(17-24-13-14-25(33(42)43)18-30(24)46-2)20-40(29)31(22-9-5-3-6-10-22)23-11-7-4-8-12-23/h3-16,18-20,31,39H,17,36H2,1-2H3,(H,42,43)(H,37,38,41). The Kier molecular flexibility index (Phi) is 8.89. The number of rotatable bonds is 11. The number of carbonyl (C=O) groups excluding carboxylic acids is 1. The van der Waals surface area contributed by atoms with Crippen LogP contribution < -0.4 is 20.5 Å². The summed E-state index contributed by atoms with van der Waals surface area (Å²) in [6, 6.07) is 30.0. The van der Waals surface area contributed by atoms with Crippen molar-refractivity contribution in [3.05, 3.63) is 131 Å². The number of anilines is 3. The lowest BCUT2D eigenvalue weighted by Crippen LogP contribution is -2.13. The second-order valence-corrected chi connectivity index (χ2v) is 13.9. The third-order valence-corrected chi connectivity index (χ3v) is 10.6. The number of aromatic carboxylic acids is 1. The van der Waals surface area contributed by atoms with E-state index in [1.165, 1.54) is 26.2 Å². The molecule has 1 amide bonds. The fourth-order valence-electron chi connectivity index (χ4n) is 5.67. The molecule has 0 fully saturated rings. The summed E-state index contributed by atoms with van der Waals surface area (Å²) < 4.78 is 37.1. The molecule has 244 valence electrons. The van der Waals surface area contributed by atoms with Crippen LogP contribution in [0.15, 0.2) is 107 Å². The molecule has 0 aliphatic carbocycles. The van der Waals surface area contributed by atoms with Crippen LogP contribution in [0, 0.1) is 0 Å². The number of sulfonamides is 1. The van der Waals surface area contributed by atoms with Gasteiger partial charge in [-0.05, 0) is 52.6 Å². The number of hydrogen-bond donors (Lipinski definition) is 4. The topological polar surface area (TPSA) is 166 Å². The zero-order valence-electron chi connectivity index (χ0n) is 25.9. The number of carbonyl (C=O) groups is 2. The zero-order chi connectivity index (χ0) is 34.0. The molecule has 0 unspecified atom stereocenters. The largest absolute Gasteiger partial charge is 0.496 e. The molecule has 0 bridgehead atoms. The van der Waals surface area contributed by atoms with E-state index < -0.39 is 21.9 Å². The minimum Gasteiger partial charge on any atom is -0.496 e. The molecule has 0 saturated heterocycles. The Bertz CT molecular complexity index is 2210. The van der Waals surface area contributed by atoms with Gasteiger partial charge in [-0.3, -0.25) is 9.52 Å². The van der Waals surface area contributed by atoms with Crippen molar-refractivity contribution in [2.45, 2.75) is 23.6 Å². The van der Waals surface area contributed by atoms with Gasteiger partial charge in [-0.15, -0.1) is 0 Å². The molecule has 6 aromatic rings. The SMILES string of the molecule is COc1cc(C(=O)O)ccc1Cc1cn(C(c2ccccc2)c2ccccc2)c2ccc(NS(=O)(=O)c3sc(NC(C)=O)nc3N)cc12. The number of nitrogens with one attached hydrogen (secondary N) is 2. The van der Waals surface area contributed by atoms with Crippen LogP contribution in [0.5, 0.6) is 5.75 Å². The number of hydrogen-bond acceptors (Lipinski definition) is 8. The van der Waals surface area contributed by atoms with Crippen LogP contribution in [-0.2, 0) is 21.2 Å². The van der Waals surface area contributed by atoms with Crippen LogP contribution in [0.3, 0.4) is 0 Å². The fourth-order valence-corrected chi connectivity index (χ4v) is 7.99. The highest BCUT2D eigenvalue weighted by Gasteiger charge is 2.25. The smallest absolute Gasteiger partial charge is 0.335 e. The number of nitrogens with two attached hydrogens (primary N) is 1. The number of methoxy groups -OCH3 is 1. The normalized spacial score (nSPS) is 11.5. The Hall–Kier alpha value is -5.66. The van der Waals surface area contributed by atoms with Crippen molar-refractivity contribution in [3.8, 4) is 5.75 Å². The van der Waals surface area contributed by atoms with Gasteiger partial charge >= 0.3 is 5.97 Å². The Morgan fingerprint density at radius 3 is 2.23 bits per heavy atom. The molecule has 48 heavy (non-hydrogen) atoms. The van der Waals surface area contributed by atoms with Gasteiger partial charge in [0, 0.05) is 36.1 Å². The maximum atomic E-state index is 13.5. The van der Waals surface area contributed by atoms with E-state index >= 15 is 0 Å². The van der Waals surface area contributed by atoms with E-state index in [1.54, 1.807) is 18.2 Å². The highest BCUT2D eigenvalue weighted by atomic mass is 32.2. The average Bonchev–Trinajstić information content (AvgIpc) is 3.61. The first-order chi connectivity index (χ1) is 23.0. The van der Waals surface area contributed by atoms with Gasteiger partial charge in [0.25, 0.3) is 10.0 Å². The number of nitrogen functional groups attached to an aromatic ring is 1. The molecule has 2 aromatic heterocycles. The van der Waals surface area contributed by atoms with Crippen LogP contribution in [-0.4, -0.2) is 42.1 Å². The van der Waals surface area contributed by atoms with Crippen molar-refractivity contribution in [3.63, 3.8) is 0 Å². The summed E-state index contributed by atoms with van der Waals surface area (Å²) in [4.78, 5) is 27.1. The average molecular weight is 682 g/mol. The molecular formula is C35H31N5O6S2. The van der Waals surface area contributed by atoms with Gasteiger partial charge in [-0.2, -0.15) is 0 Å². The zero-order valence-corrected chi connectivity index (χ0v) is 27.5. The molecule has 6 rings (SSSR count). The number of fused-ring (bicyclic) bond motifs is 1. The molecule has 0 saturated carbocycles. The van der Waals surface area contributed by atoms with Crippen LogP contribution in [0.2, 0.25) is 0 Å². The van der Waals surface area contributed by atoms with Gasteiger partial charge < -0.3 is 25.5 Å². The Labute approximate surface area is 280 Å². The van der Waals surface area contributed by atoms with Gasteiger partial charge in [-0.1, -0.05) is 78.1 Å². The predicted octanol–water partition coefficient (Wildman–Crippen LogP) is 6.37. The molecule has 4 aromatic carbocycles. The van der Waals surface area contributed by atoms with E-state index in [0.717, 1.165) is 44.5 Å². The minimum absolute atomic E-state index is 0.0749. The first kappa shape index (κ1) is 32.3. The van der Waals surface area contributed by atoms with Crippen molar-refractivity contribution in [1.29, 1.82) is 0 Å². The van der Waals surface area contributed by atoms with E-state index in [0.29, 0.717) is 17.9 Å². The Morgan fingerprint density at radius 2 is 1.62 bits per heavy atom. The fraction of sp³-hybridized carbons (Fsp3) is 0.114. The maximum Gasteiger partial charge on any atom is 0.335 e. The number of nitrogens with zero attached hydrogens (tertiary/aromatic N) is 2. The summed E-state index contributed by atoms with van der Waals surface area (Å²) >= 11 is 0.755. The van der Waals surface area contributed by atoms with Gasteiger partial charge in [0.1, 0.15) is 5.75 Å². The molecule has 0 aliphatic rings. The number of carboxylic acid groups (broad SMARTS) is 1. The first-order valence-electron chi connectivity index (χ1n) is 14.7. The summed E-state index contributed by atoms with van der Waals surface area (Å²) in [5.74, 6) is -1.27. The van der Waals surface area contributed by atoms with Gasteiger partial charge in [0.05, 0.1) is 18.7 Å². The molecule has 0 spiro atoms. The third-order valence-electron chi connectivity index (χ3n) is 7.74. The van der Waals surface area contributed by atoms with Crippen LogP contribution in [0.4, 0.5) is 16.6 Å². The lowest BCUT2D eigenvalue weighted by Gasteiger charge is -2.21. The molecule has 0 radical (unpaired) electrons. The second-order valence-electron chi connectivity index (χ2n) is 11.0. The number of amides is 1. The molecular weight excluding hydrogens is 651 g/mol. The van der Waals surface area contributed by atoms with Gasteiger partial charge in [0.2, 0.25) is 5.91 Å². The number of aromatic nitrogens is 2. The van der Waals surface area contributed by atoms with Crippen molar-refractivity contribution in [2.75, 3.05) is 22.9 Å². The van der Waals surface area contributed by atoms with Gasteiger partial charge in [-0.25, -0.2) is 18.2 Å². The predicted molar refractivity (Wildman–Crippen MR) is 186 cm³/mol. The van der Waals surface area contributed by atoms with Crippen LogP contribution in [0.25, 0.3) is 10.9 Å². The van der Waals surface area contributed by atoms with E-state index in [-0.39, 0.29) is 26.8 Å². The second kappa shape index (κ2) is 13.2. The summed E-state index contributed by atoms with van der Waals surface area (Å²) in [7, 11) is -2.68. The Balaban J connectivity index is 1.49. The third kappa shape index (κ3) is 6.59. The molecule has 2 heterocycles. The maximum absolute atomic E-state index is 13.5. The molecule has 13 heteroatoms. The molecule has 0 atom stereocenters. The van der Waals surface area contributed by atoms with Crippen molar-refractivity contribution in [2.24, 2.45) is 0 Å². The lowest BCUT2D eigenvalue weighted by atomic mass is 9.98.